The standard InChI is InChI=1S/C10H10F3N/c1-6-4-8(10(11,12)13)5-7-2-3-14-9(6)7/h4-5,14H,2-3H2,1H3. The van der Waals surface area contributed by atoms with Gasteiger partial charge >= 0.3 is 6.18 Å². The Kier molecular flexibility index (Phi) is 1.94. The van der Waals surface area contributed by atoms with Crippen LogP contribution in [0, 0.1) is 6.92 Å². The zero-order chi connectivity index (χ0) is 10.3. The maximum atomic E-state index is 12.4. The van der Waals surface area contributed by atoms with E-state index in [9.17, 15) is 13.2 Å². The molecule has 0 spiro atoms. The van der Waals surface area contributed by atoms with Crippen molar-refractivity contribution in [3.8, 4) is 0 Å². The Morgan fingerprint density at radius 1 is 1.29 bits per heavy atom. The second-order valence-corrected chi connectivity index (χ2v) is 3.50. The van der Waals surface area contributed by atoms with E-state index < -0.39 is 11.7 Å². The lowest BCUT2D eigenvalue weighted by Crippen LogP contribution is -2.06. The zero-order valence-electron chi connectivity index (χ0n) is 7.70. The molecule has 0 saturated heterocycles. The quantitative estimate of drug-likeness (QED) is 0.680. The highest BCUT2D eigenvalue weighted by molar-refractivity contribution is 5.62. The molecule has 1 aromatic rings. The normalized spacial score (nSPS) is 15.1. The molecule has 0 atom stereocenters. The van der Waals surface area contributed by atoms with E-state index in [0.717, 1.165) is 17.8 Å². The first kappa shape index (κ1) is 9.37. The molecule has 2 rings (SSSR count). The minimum Gasteiger partial charge on any atom is -0.384 e. The van der Waals surface area contributed by atoms with Gasteiger partial charge in [0.25, 0.3) is 0 Å². The molecule has 1 aromatic carbocycles. The predicted molar refractivity (Wildman–Crippen MR) is 48.4 cm³/mol. The summed E-state index contributed by atoms with van der Waals surface area (Å²) in [5.41, 5.74) is 1.78. The van der Waals surface area contributed by atoms with Crippen LogP contribution in [0.5, 0.6) is 0 Å². The molecule has 0 amide bonds. The van der Waals surface area contributed by atoms with E-state index in [1.165, 1.54) is 12.1 Å². The Labute approximate surface area is 79.9 Å². The van der Waals surface area contributed by atoms with Crippen LogP contribution in [-0.2, 0) is 12.6 Å². The molecule has 76 valence electrons. The largest absolute Gasteiger partial charge is 0.416 e. The van der Waals surface area contributed by atoms with Crippen molar-refractivity contribution in [2.45, 2.75) is 19.5 Å². The van der Waals surface area contributed by atoms with Gasteiger partial charge in [-0.2, -0.15) is 13.2 Å². The van der Waals surface area contributed by atoms with E-state index in [4.69, 9.17) is 0 Å². The highest BCUT2D eigenvalue weighted by atomic mass is 19.4. The number of rotatable bonds is 0. The number of aryl methyl sites for hydroxylation is 1. The molecule has 1 nitrogen and oxygen atoms in total. The number of hydrogen-bond donors (Lipinski definition) is 1. The Bertz CT molecular complexity index is 368. The van der Waals surface area contributed by atoms with Crippen LogP contribution in [-0.4, -0.2) is 6.54 Å². The van der Waals surface area contributed by atoms with E-state index in [1.807, 2.05) is 0 Å². The van der Waals surface area contributed by atoms with Crippen LogP contribution < -0.4 is 5.32 Å². The van der Waals surface area contributed by atoms with Gasteiger partial charge in [-0.1, -0.05) is 0 Å². The summed E-state index contributed by atoms with van der Waals surface area (Å²) in [6, 6.07) is 2.43. The molecule has 0 aliphatic carbocycles. The maximum absolute atomic E-state index is 12.4. The molecule has 0 unspecified atom stereocenters. The van der Waals surface area contributed by atoms with Crippen LogP contribution in [0.1, 0.15) is 16.7 Å². The van der Waals surface area contributed by atoms with Gasteiger partial charge in [0.2, 0.25) is 0 Å². The molecule has 14 heavy (non-hydrogen) atoms. The van der Waals surface area contributed by atoms with Crippen molar-refractivity contribution in [2.75, 3.05) is 11.9 Å². The van der Waals surface area contributed by atoms with Crippen molar-refractivity contribution >= 4 is 5.69 Å². The number of nitrogens with one attached hydrogen (secondary N) is 1. The van der Waals surface area contributed by atoms with Crippen LogP contribution in [0.2, 0.25) is 0 Å². The zero-order valence-corrected chi connectivity index (χ0v) is 7.70. The lowest BCUT2D eigenvalue weighted by Gasteiger charge is -2.11. The van der Waals surface area contributed by atoms with Crippen LogP contribution in [0.15, 0.2) is 12.1 Å². The van der Waals surface area contributed by atoms with Crippen LogP contribution in [0.25, 0.3) is 0 Å². The minimum atomic E-state index is -4.23. The van der Waals surface area contributed by atoms with Gasteiger partial charge in [0.15, 0.2) is 0 Å². The molecule has 1 heterocycles. The van der Waals surface area contributed by atoms with E-state index in [-0.39, 0.29) is 0 Å². The molecule has 0 fully saturated rings. The fraction of sp³-hybridized carbons (Fsp3) is 0.400. The molecular formula is C10H10F3N. The van der Waals surface area contributed by atoms with Crippen molar-refractivity contribution in [2.24, 2.45) is 0 Å². The summed E-state index contributed by atoms with van der Waals surface area (Å²) in [5.74, 6) is 0. The highest BCUT2D eigenvalue weighted by Gasteiger charge is 2.32. The van der Waals surface area contributed by atoms with Gasteiger partial charge in [-0.05, 0) is 36.6 Å². The number of hydrogen-bond acceptors (Lipinski definition) is 1. The lowest BCUT2D eigenvalue weighted by molar-refractivity contribution is -0.137. The Balaban J connectivity index is 2.52. The second-order valence-electron chi connectivity index (χ2n) is 3.50. The Morgan fingerprint density at radius 2 is 2.00 bits per heavy atom. The van der Waals surface area contributed by atoms with Crippen LogP contribution in [0.4, 0.5) is 18.9 Å². The van der Waals surface area contributed by atoms with Crippen molar-refractivity contribution in [1.82, 2.24) is 0 Å². The van der Waals surface area contributed by atoms with E-state index >= 15 is 0 Å². The van der Waals surface area contributed by atoms with Crippen molar-refractivity contribution in [1.29, 1.82) is 0 Å². The van der Waals surface area contributed by atoms with Crippen LogP contribution in [0.3, 0.4) is 0 Å². The molecule has 1 N–H and O–H groups in total. The third kappa shape index (κ3) is 1.45. The third-order valence-electron chi connectivity index (χ3n) is 2.44. The van der Waals surface area contributed by atoms with Gasteiger partial charge in [-0.3, -0.25) is 0 Å². The van der Waals surface area contributed by atoms with Gasteiger partial charge in [-0.15, -0.1) is 0 Å². The molecule has 1 aliphatic rings. The van der Waals surface area contributed by atoms with E-state index in [1.54, 1.807) is 6.92 Å². The first-order valence-corrected chi connectivity index (χ1v) is 4.43. The van der Waals surface area contributed by atoms with E-state index in [2.05, 4.69) is 5.32 Å². The summed E-state index contributed by atoms with van der Waals surface area (Å²) in [5, 5.41) is 3.08. The Hall–Kier alpha value is -1.19. The second kappa shape index (κ2) is 2.90. The highest BCUT2D eigenvalue weighted by Crippen LogP contribution is 2.35. The number of halogens is 3. The molecule has 0 aromatic heterocycles. The summed E-state index contributed by atoms with van der Waals surface area (Å²) >= 11 is 0. The number of benzene rings is 1. The van der Waals surface area contributed by atoms with Crippen molar-refractivity contribution in [3.05, 3.63) is 28.8 Å². The summed E-state index contributed by atoms with van der Waals surface area (Å²) in [4.78, 5) is 0. The summed E-state index contributed by atoms with van der Waals surface area (Å²) in [7, 11) is 0. The monoisotopic (exact) mass is 201 g/mol. The van der Waals surface area contributed by atoms with Gasteiger partial charge in [0.1, 0.15) is 0 Å². The SMILES string of the molecule is Cc1cc(C(F)(F)F)cc2c1NCC2. The topological polar surface area (TPSA) is 12.0 Å². The molecule has 0 radical (unpaired) electrons. The average molecular weight is 201 g/mol. The Morgan fingerprint density at radius 3 is 2.64 bits per heavy atom. The van der Waals surface area contributed by atoms with Gasteiger partial charge < -0.3 is 5.32 Å². The summed E-state index contributed by atoms with van der Waals surface area (Å²) in [6.07, 6.45) is -3.55. The van der Waals surface area contributed by atoms with Gasteiger partial charge in [-0.25, -0.2) is 0 Å². The van der Waals surface area contributed by atoms with Gasteiger partial charge in [0.05, 0.1) is 5.56 Å². The molecule has 0 bridgehead atoms. The number of fused-ring (bicyclic) bond motifs is 1. The smallest absolute Gasteiger partial charge is 0.384 e. The average Bonchev–Trinajstić information content (AvgIpc) is 2.50. The third-order valence-corrected chi connectivity index (χ3v) is 2.44. The minimum absolute atomic E-state index is 0.544. The first-order chi connectivity index (χ1) is 6.48. The van der Waals surface area contributed by atoms with E-state index in [0.29, 0.717) is 12.0 Å². The molecule has 0 saturated carbocycles. The first-order valence-electron chi connectivity index (χ1n) is 4.43. The molecule has 1 aliphatic heterocycles. The fourth-order valence-electron chi connectivity index (χ4n) is 1.80. The molecule has 4 heteroatoms. The number of alkyl halides is 3. The van der Waals surface area contributed by atoms with Crippen LogP contribution >= 0.6 is 0 Å². The van der Waals surface area contributed by atoms with Crippen molar-refractivity contribution in [3.63, 3.8) is 0 Å². The predicted octanol–water partition coefficient (Wildman–Crippen LogP) is 2.98. The maximum Gasteiger partial charge on any atom is 0.416 e. The van der Waals surface area contributed by atoms with Gasteiger partial charge in [0, 0.05) is 12.2 Å². The summed E-state index contributed by atoms with van der Waals surface area (Å²) < 4.78 is 37.2. The fourth-order valence-corrected chi connectivity index (χ4v) is 1.80. The summed E-state index contributed by atoms with van der Waals surface area (Å²) in [6.45, 7) is 2.43. The van der Waals surface area contributed by atoms with Crippen molar-refractivity contribution < 1.29 is 13.2 Å². The molecular weight excluding hydrogens is 191 g/mol. The lowest BCUT2D eigenvalue weighted by atomic mass is 10.0. The number of anilines is 1.